The van der Waals surface area contributed by atoms with Gasteiger partial charge in [-0.1, -0.05) is 26.8 Å². The third kappa shape index (κ3) is 3.46. The second kappa shape index (κ2) is 4.90. The normalized spacial score (nSPS) is 14.5. The number of hydrogen-bond donors (Lipinski definition) is 2. The zero-order valence-electron chi connectivity index (χ0n) is 11.6. The van der Waals surface area contributed by atoms with E-state index >= 15 is 0 Å². The third-order valence-electron chi connectivity index (χ3n) is 3.19. The summed E-state index contributed by atoms with van der Waals surface area (Å²) in [6.07, 6.45) is 0. The highest BCUT2D eigenvalue weighted by Crippen LogP contribution is 2.22. The second-order valence-electron chi connectivity index (χ2n) is 5.73. The molecule has 0 aliphatic rings. The lowest BCUT2D eigenvalue weighted by Crippen LogP contribution is -2.41. The summed E-state index contributed by atoms with van der Waals surface area (Å²) in [5, 5.41) is 0. The lowest BCUT2D eigenvalue weighted by Gasteiger charge is -2.27. The summed E-state index contributed by atoms with van der Waals surface area (Å²) in [5.41, 5.74) is 6.97. The Hall–Kier alpha value is -1.07. The molecule has 102 valence electrons. The smallest absolute Gasteiger partial charge is 0.240 e. The second-order valence-corrected chi connectivity index (χ2v) is 7.44. The summed E-state index contributed by atoms with van der Waals surface area (Å²) in [5.74, 6) is 0. The number of nitrogen functional groups attached to an aromatic ring is 1. The maximum atomic E-state index is 12.2. The van der Waals surface area contributed by atoms with E-state index in [1.807, 2.05) is 34.6 Å². The van der Waals surface area contributed by atoms with Crippen molar-refractivity contribution in [2.75, 3.05) is 5.73 Å². The van der Waals surface area contributed by atoms with E-state index in [9.17, 15) is 8.42 Å². The van der Waals surface area contributed by atoms with E-state index in [2.05, 4.69) is 4.72 Å². The fourth-order valence-corrected chi connectivity index (χ4v) is 2.75. The van der Waals surface area contributed by atoms with Crippen LogP contribution in [0, 0.1) is 12.3 Å². The van der Waals surface area contributed by atoms with Gasteiger partial charge in [0.1, 0.15) is 0 Å². The highest BCUT2D eigenvalue weighted by Gasteiger charge is 2.26. The predicted molar refractivity (Wildman–Crippen MR) is 74.8 cm³/mol. The monoisotopic (exact) mass is 270 g/mol. The zero-order chi connectivity index (χ0) is 14.1. The van der Waals surface area contributed by atoms with Crippen LogP contribution in [0.25, 0.3) is 0 Å². The molecular formula is C13H22N2O2S. The molecule has 5 heteroatoms. The molecule has 1 unspecified atom stereocenters. The molecule has 0 saturated carbocycles. The Kier molecular flexibility index (Phi) is 4.08. The predicted octanol–water partition coefficient (Wildman–Crippen LogP) is 2.29. The van der Waals surface area contributed by atoms with Crippen molar-refractivity contribution >= 4 is 15.7 Å². The van der Waals surface area contributed by atoms with Crippen LogP contribution in [0.4, 0.5) is 5.69 Å². The van der Waals surface area contributed by atoms with Crippen LogP contribution in [0.5, 0.6) is 0 Å². The van der Waals surface area contributed by atoms with Crippen LogP contribution in [0.3, 0.4) is 0 Å². The molecule has 0 bridgehead atoms. The molecule has 0 aliphatic heterocycles. The van der Waals surface area contributed by atoms with Crippen LogP contribution < -0.4 is 10.5 Å². The van der Waals surface area contributed by atoms with Gasteiger partial charge in [-0.25, -0.2) is 13.1 Å². The van der Waals surface area contributed by atoms with Crippen molar-refractivity contribution in [1.82, 2.24) is 4.72 Å². The van der Waals surface area contributed by atoms with Gasteiger partial charge in [0, 0.05) is 11.7 Å². The molecule has 0 heterocycles. The highest BCUT2D eigenvalue weighted by atomic mass is 32.2. The summed E-state index contributed by atoms with van der Waals surface area (Å²) in [6, 6.07) is 4.62. The largest absolute Gasteiger partial charge is 0.398 e. The number of benzene rings is 1. The lowest BCUT2D eigenvalue weighted by molar-refractivity contribution is 0.317. The fraction of sp³-hybridized carbons (Fsp3) is 0.538. The van der Waals surface area contributed by atoms with Gasteiger partial charge in [-0.15, -0.1) is 0 Å². The first-order valence-electron chi connectivity index (χ1n) is 5.92. The van der Waals surface area contributed by atoms with Gasteiger partial charge >= 0.3 is 0 Å². The first-order valence-corrected chi connectivity index (χ1v) is 7.41. The van der Waals surface area contributed by atoms with Crippen molar-refractivity contribution in [1.29, 1.82) is 0 Å². The molecule has 0 aliphatic carbocycles. The summed E-state index contributed by atoms with van der Waals surface area (Å²) < 4.78 is 27.0. The number of nitrogens with two attached hydrogens (primary N) is 1. The molecule has 4 nitrogen and oxygen atoms in total. The molecule has 3 N–H and O–H groups in total. The molecule has 1 aromatic carbocycles. The first-order chi connectivity index (χ1) is 8.04. The average molecular weight is 270 g/mol. The van der Waals surface area contributed by atoms with E-state index in [0.29, 0.717) is 5.69 Å². The van der Waals surface area contributed by atoms with Crippen LogP contribution in [0.15, 0.2) is 23.1 Å². The Morgan fingerprint density at radius 1 is 1.28 bits per heavy atom. The number of aryl methyl sites for hydroxylation is 1. The van der Waals surface area contributed by atoms with Gasteiger partial charge in [0.15, 0.2) is 0 Å². The van der Waals surface area contributed by atoms with Crippen LogP contribution >= 0.6 is 0 Å². The van der Waals surface area contributed by atoms with Gasteiger partial charge in [0.2, 0.25) is 10.0 Å². The minimum absolute atomic E-state index is 0.136. The maximum Gasteiger partial charge on any atom is 0.240 e. The van der Waals surface area contributed by atoms with Crippen molar-refractivity contribution in [2.45, 2.75) is 45.6 Å². The van der Waals surface area contributed by atoms with Crippen molar-refractivity contribution in [3.63, 3.8) is 0 Å². The van der Waals surface area contributed by atoms with Gasteiger partial charge in [-0.2, -0.15) is 0 Å². The number of sulfonamides is 1. The molecule has 0 spiro atoms. The van der Waals surface area contributed by atoms with Crippen molar-refractivity contribution in [3.8, 4) is 0 Å². The van der Waals surface area contributed by atoms with Crippen LogP contribution in [0.1, 0.15) is 33.3 Å². The minimum atomic E-state index is -3.51. The Balaban J connectivity index is 3.04. The van der Waals surface area contributed by atoms with E-state index in [4.69, 9.17) is 5.73 Å². The molecule has 0 radical (unpaired) electrons. The quantitative estimate of drug-likeness (QED) is 0.828. The Morgan fingerprint density at radius 3 is 2.28 bits per heavy atom. The molecule has 0 saturated heterocycles. The van der Waals surface area contributed by atoms with Crippen LogP contribution in [-0.2, 0) is 10.0 Å². The standard InChI is InChI=1S/C13H22N2O2S/c1-9-6-7-11(8-12(9)14)18(16,17)15-10(2)13(3,4)5/h6-8,10,15H,14H2,1-5H3. The zero-order valence-corrected chi connectivity index (χ0v) is 12.4. The number of hydrogen-bond acceptors (Lipinski definition) is 3. The van der Waals surface area contributed by atoms with Crippen molar-refractivity contribution in [3.05, 3.63) is 23.8 Å². The van der Waals surface area contributed by atoms with Gasteiger partial charge in [-0.05, 0) is 37.0 Å². The van der Waals surface area contributed by atoms with Crippen molar-refractivity contribution in [2.24, 2.45) is 5.41 Å². The Labute approximate surface area is 110 Å². The Bertz CT molecular complexity index is 530. The SMILES string of the molecule is Cc1ccc(S(=O)(=O)NC(C)C(C)(C)C)cc1N. The van der Waals surface area contributed by atoms with E-state index in [1.165, 1.54) is 6.07 Å². The fourth-order valence-electron chi connectivity index (χ4n) is 1.26. The topological polar surface area (TPSA) is 72.2 Å². The summed E-state index contributed by atoms with van der Waals surface area (Å²) in [6.45, 7) is 9.67. The highest BCUT2D eigenvalue weighted by molar-refractivity contribution is 7.89. The summed E-state index contributed by atoms with van der Waals surface area (Å²) in [4.78, 5) is 0.210. The van der Waals surface area contributed by atoms with E-state index in [0.717, 1.165) is 5.56 Å². The maximum absolute atomic E-state index is 12.2. The van der Waals surface area contributed by atoms with E-state index in [1.54, 1.807) is 12.1 Å². The van der Waals surface area contributed by atoms with Crippen LogP contribution in [0.2, 0.25) is 0 Å². The molecule has 0 amide bonds. The van der Waals surface area contributed by atoms with Gasteiger partial charge in [0.05, 0.1) is 4.90 Å². The third-order valence-corrected chi connectivity index (χ3v) is 4.73. The molecule has 18 heavy (non-hydrogen) atoms. The molecular weight excluding hydrogens is 248 g/mol. The molecule has 0 fully saturated rings. The van der Waals surface area contributed by atoms with Gasteiger partial charge in [0.25, 0.3) is 0 Å². The molecule has 1 rings (SSSR count). The summed E-state index contributed by atoms with van der Waals surface area (Å²) >= 11 is 0. The molecule has 1 aromatic rings. The molecule has 0 aromatic heterocycles. The van der Waals surface area contributed by atoms with Crippen LogP contribution in [-0.4, -0.2) is 14.5 Å². The first kappa shape index (κ1) is 15.0. The molecule has 1 atom stereocenters. The lowest BCUT2D eigenvalue weighted by atomic mass is 9.89. The number of nitrogens with one attached hydrogen (secondary N) is 1. The number of anilines is 1. The van der Waals surface area contributed by atoms with Gasteiger partial charge in [-0.3, -0.25) is 0 Å². The van der Waals surface area contributed by atoms with E-state index in [-0.39, 0.29) is 16.4 Å². The van der Waals surface area contributed by atoms with E-state index < -0.39 is 10.0 Å². The Morgan fingerprint density at radius 2 is 1.83 bits per heavy atom. The van der Waals surface area contributed by atoms with Crippen molar-refractivity contribution < 1.29 is 8.42 Å². The summed E-state index contributed by atoms with van der Waals surface area (Å²) in [7, 11) is -3.51. The average Bonchev–Trinajstić information content (AvgIpc) is 2.19. The minimum Gasteiger partial charge on any atom is -0.398 e. The van der Waals surface area contributed by atoms with Gasteiger partial charge < -0.3 is 5.73 Å². The number of rotatable bonds is 3.